The lowest BCUT2D eigenvalue weighted by molar-refractivity contribution is -0.117. The third-order valence-electron chi connectivity index (χ3n) is 2.67. The van der Waals surface area contributed by atoms with E-state index >= 15 is 0 Å². The van der Waals surface area contributed by atoms with Gasteiger partial charge in [-0.1, -0.05) is 0 Å². The average Bonchev–Trinajstić information content (AvgIpc) is 2.59. The molecule has 0 aromatic heterocycles. The number of alkyl halides is 1. The highest BCUT2D eigenvalue weighted by Crippen LogP contribution is 2.38. The van der Waals surface area contributed by atoms with Gasteiger partial charge in [-0.2, -0.15) is 0 Å². The first-order valence-corrected chi connectivity index (χ1v) is 7.16. The van der Waals surface area contributed by atoms with Crippen LogP contribution in [0.1, 0.15) is 6.42 Å². The summed E-state index contributed by atoms with van der Waals surface area (Å²) in [6.45, 7) is 0.575. The van der Waals surface area contributed by atoms with E-state index < -0.39 is 0 Å². The summed E-state index contributed by atoms with van der Waals surface area (Å²) in [7, 11) is 0. The Morgan fingerprint density at radius 2 is 2.00 bits per heavy atom. The number of hydrogen-bond donors (Lipinski definition) is 0. The molecule has 17 heavy (non-hydrogen) atoms. The molecule has 0 aliphatic carbocycles. The number of amides is 1. The highest BCUT2D eigenvalue weighted by atomic mass is 79.9. The Bertz CT molecular complexity index is 446. The van der Waals surface area contributed by atoms with Gasteiger partial charge in [-0.25, -0.2) is 4.39 Å². The van der Waals surface area contributed by atoms with Crippen LogP contribution in [0.5, 0.6) is 0 Å². The summed E-state index contributed by atoms with van der Waals surface area (Å²) in [4.78, 5) is 13.5. The lowest BCUT2D eigenvalue weighted by atomic mass is 10.1. The summed E-state index contributed by atoms with van der Waals surface area (Å²) in [5.41, 5.74) is 0.670. The predicted molar refractivity (Wildman–Crippen MR) is 73.0 cm³/mol. The van der Waals surface area contributed by atoms with Crippen LogP contribution in [0.3, 0.4) is 0 Å². The maximum absolute atomic E-state index is 13.2. The van der Waals surface area contributed by atoms with E-state index in [9.17, 15) is 9.18 Å². The zero-order valence-corrected chi connectivity index (χ0v) is 12.6. The van der Waals surface area contributed by atoms with E-state index in [-0.39, 0.29) is 17.6 Å². The van der Waals surface area contributed by atoms with E-state index in [2.05, 4.69) is 31.9 Å². The molecule has 2 nitrogen and oxygen atoms in total. The minimum absolute atomic E-state index is 0.0173. The molecule has 0 N–H and O–H groups in total. The van der Waals surface area contributed by atoms with E-state index in [4.69, 9.17) is 11.6 Å². The summed E-state index contributed by atoms with van der Waals surface area (Å²) in [6.07, 6.45) is 0.444. The zero-order chi connectivity index (χ0) is 12.6. The van der Waals surface area contributed by atoms with Gasteiger partial charge in [-0.05, 0) is 49.9 Å². The Morgan fingerprint density at radius 3 is 2.47 bits per heavy atom. The van der Waals surface area contributed by atoms with Crippen LogP contribution >= 0.6 is 43.5 Å². The van der Waals surface area contributed by atoms with Crippen LogP contribution in [-0.4, -0.2) is 18.3 Å². The average molecular weight is 385 g/mol. The molecule has 1 fully saturated rings. The van der Waals surface area contributed by atoms with E-state index in [1.807, 2.05) is 0 Å². The molecule has 1 aliphatic heterocycles. The quantitative estimate of drug-likeness (QED) is 0.706. The number of nitrogens with zero attached hydrogens (tertiary/aromatic N) is 1. The molecule has 0 bridgehead atoms. The molecule has 0 spiro atoms. The summed E-state index contributed by atoms with van der Waals surface area (Å²) in [6, 6.07) is 2.70. The topological polar surface area (TPSA) is 20.3 Å². The zero-order valence-electron chi connectivity index (χ0n) is 8.72. The predicted octanol–water partition coefficient (Wildman–Crippen LogP) is 3.94. The van der Waals surface area contributed by atoms with E-state index in [0.29, 0.717) is 33.5 Å². The number of rotatable bonds is 2. The third kappa shape index (κ3) is 2.66. The van der Waals surface area contributed by atoms with Gasteiger partial charge < -0.3 is 4.90 Å². The molecule has 92 valence electrons. The van der Waals surface area contributed by atoms with Crippen LogP contribution < -0.4 is 4.90 Å². The Labute approximate surface area is 120 Å². The monoisotopic (exact) mass is 383 g/mol. The molecule has 0 radical (unpaired) electrons. The van der Waals surface area contributed by atoms with Gasteiger partial charge in [0, 0.05) is 27.8 Å². The van der Waals surface area contributed by atoms with Gasteiger partial charge in [-0.3, -0.25) is 4.79 Å². The van der Waals surface area contributed by atoms with Crippen LogP contribution in [0.15, 0.2) is 21.1 Å². The first-order chi connectivity index (χ1) is 8.02. The molecule has 1 aromatic carbocycles. The van der Waals surface area contributed by atoms with Crippen molar-refractivity contribution in [2.24, 2.45) is 5.92 Å². The minimum Gasteiger partial charge on any atom is -0.310 e. The number of halogens is 4. The van der Waals surface area contributed by atoms with Crippen molar-refractivity contribution in [2.75, 3.05) is 17.3 Å². The van der Waals surface area contributed by atoms with Crippen molar-refractivity contribution in [1.82, 2.24) is 0 Å². The molecule has 1 aromatic rings. The van der Waals surface area contributed by atoms with Gasteiger partial charge in [0.05, 0.1) is 5.69 Å². The first-order valence-electron chi connectivity index (χ1n) is 5.03. The van der Waals surface area contributed by atoms with Crippen LogP contribution in [0.4, 0.5) is 10.1 Å². The van der Waals surface area contributed by atoms with Gasteiger partial charge in [0.2, 0.25) is 5.91 Å². The van der Waals surface area contributed by atoms with Gasteiger partial charge in [-0.15, -0.1) is 11.6 Å². The van der Waals surface area contributed by atoms with Gasteiger partial charge in [0.25, 0.3) is 0 Å². The number of anilines is 1. The second-order valence-electron chi connectivity index (χ2n) is 3.95. The lowest BCUT2D eigenvalue weighted by Gasteiger charge is -2.19. The number of carbonyl (C=O) groups is 1. The fraction of sp³-hybridized carbons (Fsp3) is 0.364. The summed E-state index contributed by atoms with van der Waals surface area (Å²) in [5, 5.41) is 0. The Morgan fingerprint density at radius 1 is 1.41 bits per heavy atom. The van der Waals surface area contributed by atoms with Crippen molar-refractivity contribution in [3.8, 4) is 0 Å². The molecule has 1 heterocycles. The Hall–Kier alpha value is -0.130. The molecule has 1 saturated heterocycles. The molecule has 1 atom stereocenters. The summed E-state index contributed by atoms with van der Waals surface area (Å²) in [5.74, 6) is 0.281. The minimum atomic E-state index is -0.354. The lowest BCUT2D eigenvalue weighted by Crippen LogP contribution is -2.25. The number of hydrogen-bond acceptors (Lipinski definition) is 1. The standard InChI is InChI=1S/C11H9Br2ClFNO/c12-8-2-7(15)3-9(13)11(8)16-5-6(4-14)1-10(16)17/h2-3,6H,1,4-5H2. The molecule has 1 unspecified atom stereocenters. The van der Waals surface area contributed by atoms with Crippen LogP contribution in [0.25, 0.3) is 0 Å². The molecular formula is C11H9Br2ClFNO. The van der Waals surface area contributed by atoms with E-state index in [1.165, 1.54) is 12.1 Å². The fourth-order valence-electron chi connectivity index (χ4n) is 1.89. The number of carbonyl (C=O) groups excluding carboxylic acids is 1. The number of benzene rings is 1. The van der Waals surface area contributed by atoms with Crippen molar-refractivity contribution >= 4 is 55.1 Å². The van der Waals surface area contributed by atoms with Crippen LogP contribution in [0.2, 0.25) is 0 Å². The molecular weight excluding hydrogens is 376 g/mol. The van der Waals surface area contributed by atoms with E-state index in [0.717, 1.165) is 0 Å². The maximum atomic E-state index is 13.2. The summed E-state index contributed by atoms with van der Waals surface area (Å²) >= 11 is 12.3. The fourth-order valence-corrected chi connectivity index (χ4v) is 3.66. The van der Waals surface area contributed by atoms with Gasteiger partial charge in [0.1, 0.15) is 5.82 Å². The Kier molecular flexibility index (Phi) is 4.10. The van der Waals surface area contributed by atoms with Crippen molar-refractivity contribution in [1.29, 1.82) is 0 Å². The second-order valence-corrected chi connectivity index (χ2v) is 5.96. The molecule has 1 amide bonds. The third-order valence-corrected chi connectivity index (χ3v) is 4.32. The van der Waals surface area contributed by atoms with Crippen molar-refractivity contribution < 1.29 is 9.18 Å². The smallest absolute Gasteiger partial charge is 0.227 e. The van der Waals surface area contributed by atoms with E-state index in [1.54, 1.807) is 4.90 Å². The highest BCUT2D eigenvalue weighted by Gasteiger charge is 2.32. The largest absolute Gasteiger partial charge is 0.310 e. The second kappa shape index (κ2) is 5.24. The molecule has 6 heteroatoms. The first kappa shape index (κ1) is 13.3. The van der Waals surface area contributed by atoms with Gasteiger partial charge in [0.15, 0.2) is 0 Å². The van der Waals surface area contributed by atoms with Crippen LogP contribution in [0, 0.1) is 11.7 Å². The summed E-state index contributed by atoms with van der Waals surface area (Å²) < 4.78 is 14.3. The van der Waals surface area contributed by atoms with Gasteiger partial charge >= 0.3 is 0 Å². The highest BCUT2D eigenvalue weighted by molar-refractivity contribution is 9.11. The van der Waals surface area contributed by atoms with Crippen LogP contribution in [-0.2, 0) is 4.79 Å². The SMILES string of the molecule is O=C1CC(CCl)CN1c1c(Br)cc(F)cc1Br. The molecule has 1 aliphatic rings. The Balaban J connectivity index is 2.38. The normalized spacial score (nSPS) is 20.1. The van der Waals surface area contributed by atoms with Crippen molar-refractivity contribution in [2.45, 2.75) is 6.42 Å². The molecule has 2 rings (SSSR count). The molecule has 0 saturated carbocycles. The van der Waals surface area contributed by atoms with Crippen molar-refractivity contribution in [3.63, 3.8) is 0 Å². The van der Waals surface area contributed by atoms with Crippen molar-refractivity contribution in [3.05, 3.63) is 26.9 Å². The maximum Gasteiger partial charge on any atom is 0.227 e.